The highest BCUT2D eigenvalue weighted by atomic mass is 127. The lowest BCUT2D eigenvalue weighted by molar-refractivity contribution is 0.512. The van der Waals surface area contributed by atoms with Crippen LogP contribution in [-0.2, 0) is 0 Å². The van der Waals surface area contributed by atoms with E-state index in [1.807, 2.05) is 0 Å². The summed E-state index contributed by atoms with van der Waals surface area (Å²) in [5, 5.41) is 2.57. The van der Waals surface area contributed by atoms with E-state index in [2.05, 4.69) is 5.32 Å². The Balaban J connectivity index is 2.40. The zero-order chi connectivity index (χ0) is 13.3. The molecule has 94 valence electrons. The second kappa shape index (κ2) is 5.05. The van der Waals surface area contributed by atoms with Gasteiger partial charge in [-0.05, 0) is 40.8 Å². The molecule has 6 heteroatoms. The fourth-order valence-electron chi connectivity index (χ4n) is 1.42. The topological polar surface area (TPSA) is 38.0 Å². The number of nitrogen functional groups attached to an aromatic ring is 1. The summed E-state index contributed by atoms with van der Waals surface area (Å²) in [5.74, 6) is -2.50. The van der Waals surface area contributed by atoms with E-state index in [-0.39, 0.29) is 17.1 Å². The van der Waals surface area contributed by atoms with Gasteiger partial charge in [0.1, 0.15) is 5.82 Å². The molecule has 0 bridgehead atoms. The molecule has 0 unspecified atom stereocenters. The molecule has 0 spiro atoms. The number of benzene rings is 2. The summed E-state index contributed by atoms with van der Waals surface area (Å²) in [6.45, 7) is 0. The van der Waals surface area contributed by atoms with E-state index in [1.54, 1.807) is 22.6 Å². The number of hydrogen-bond donors (Lipinski definition) is 2. The van der Waals surface area contributed by atoms with Crippen molar-refractivity contribution in [3.05, 3.63) is 51.4 Å². The van der Waals surface area contributed by atoms with Gasteiger partial charge in [-0.1, -0.05) is 6.07 Å². The first-order chi connectivity index (χ1) is 8.49. The van der Waals surface area contributed by atoms with Crippen LogP contribution in [0.4, 0.5) is 30.2 Å². The first-order valence-electron chi connectivity index (χ1n) is 4.94. The molecule has 0 heterocycles. The number of rotatable bonds is 2. The Morgan fingerprint density at radius 3 is 2.44 bits per heavy atom. The van der Waals surface area contributed by atoms with E-state index in [4.69, 9.17) is 5.73 Å². The maximum atomic E-state index is 13.4. The first-order valence-corrected chi connectivity index (χ1v) is 6.02. The van der Waals surface area contributed by atoms with Gasteiger partial charge in [-0.25, -0.2) is 13.2 Å². The molecule has 0 radical (unpaired) electrons. The molecule has 0 aliphatic carbocycles. The Morgan fingerprint density at radius 2 is 1.72 bits per heavy atom. The molecule has 0 aliphatic rings. The van der Waals surface area contributed by atoms with E-state index in [0.717, 1.165) is 12.1 Å². The highest BCUT2D eigenvalue weighted by Gasteiger charge is 2.11. The minimum absolute atomic E-state index is 0.0951. The SMILES string of the molecule is Nc1cc(I)c(F)cc1Nc1cccc(F)c1F. The van der Waals surface area contributed by atoms with Gasteiger partial charge in [0.15, 0.2) is 11.6 Å². The average Bonchev–Trinajstić information content (AvgIpc) is 2.32. The summed E-state index contributed by atoms with van der Waals surface area (Å²) in [4.78, 5) is 0. The predicted molar refractivity (Wildman–Crippen MR) is 73.2 cm³/mol. The Labute approximate surface area is 115 Å². The summed E-state index contributed by atoms with van der Waals surface area (Å²) in [5.41, 5.74) is 6.03. The lowest BCUT2D eigenvalue weighted by Gasteiger charge is -2.11. The van der Waals surface area contributed by atoms with Crippen LogP contribution in [0.15, 0.2) is 30.3 Å². The number of nitrogens with one attached hydrogen (secondary N) is 1. The second-order valence-electron chi connectivity index (χ2n) is 3.58. The molecule has 2 nitrogen and oxygen atoms in total. The van der Waals surface area contributed by atoms with E-state index in [0.29, 0.717) is 3.57 Å². The summed E-state index contributed by atoms with van der Waals surface area (Å²) in [6.07, 6.45) is 0. The molecular formula is C12H8F3IN2. The zero-order valence-corrected chi connectivity index (χ0v) is 11.1. The molecule has 0 aliphatic heterocycles. The molecule has 2 rings (SSSR count). The van der Waals surface area contributed by atoms with Crippen molar-refractivity contribution in [3.8, 4) is 0 Å². The standard InChI is InChI=1S/C12H8F3IN2/c13-6-2-1-3-10(12(6)15)18-11-4-7(14)8(16)5-9(11)17/h1-5,18H,17H2. The Morgan fingerprint density at radius 1 is 1.00 bits per heavy atom. The maximum Gasteiger partial charge on any atom is 0.182 e. The number of anilines is 3. The van der Waals surface area contributed by atoms with Gasteiger partial charge in [-0.2, -0.15) is 0 Å². The summed E-state index contributed by atoms with van der Waals surface area (Å²) < 4.78 is 40.2. The molecule has 0 amide bonds. The monoisotopic (exact) mass is 364 g/mol. The van der Waals surface area contributed by atoms with Crippen LogP contribution < -0.4 is 11.1 Å². The molecule has 3 N–H and O–H groups in total. The summed E-state index contributed by atoms with van der Waals surface area (Å²) in [6, 6.07) is 6.24. The zero-order valence-electron chi connectivity index (χ0n) is 8.98. The molecule has 0 saturated carbocycles. The highest BCUT2D eigenvalue weighted by molar-refractivity contribution is 14.1. The number of nitrogens with two attached hydrogens (primary N) is 1. The molecule has 0 fully saturated rings. The third-order valence-electron chi connectivity index (χ3n) is 2.31. The van der Waals surface area contributed by atoms with Gasteiger partial charge in [0.25, 0.3) is 0 Å². The Bertz CT molecular complexity index is 602. The lowest BCUT2D eigenvalue weighted by Crippen LogP contribution is -2.01. The Hall–Kier alpha value is -1.44. The highest BCUT2D eigenvalue weighted by Crippen LogP contribution is 2.28. The minimum Gasteiger partial charge on any atom is -0.397 e. The van der Waals surface area contributed by atoms with Crippen molar-refractivity contribution in [2.24, 2.45) is 0 Å². The molecule has 0 saturated heterocycles. The van der Waals surface area contributed by atoms with Gasteiger partial charge >= 0.3 is 0 Å². The maximum absolute atomic E-state index is 13.4. The van der Waals surface area contributed by atoms with Crippen molar-refractivity contribution >= 4 is 39.7 Å². The number of halogens is 4. The molecule has 0 atom stereocenters. The molecule has 2 aromatic carbocycles. The quantitative estimate of drug-likeness (QED) is 0.624. The van der Waals surface area contributed by atoms with Crippen LogP contribution >= 0.6 is 22.6 Å². The van der Waals surface area contributed by atoms with Crippen molar-refractivity contribution in [1.82, 2.24) is 0 Å². The van der Waals surface area contributed by atoms with Crippen LogP contribution in [0.5, 0.6) is 0 Å². The van der Waals surface area contributed by atoms with E-state index in [1.165, 1.54) is 18.2 Å². The molecule has 18 heavy (non-hydrogen) atoms. The summed E-state index contributed by atoms with van der Waals surface area (Å²) in [7, 11) is 0. The van der Waals surface area contributed by atoms with Crippen molar-refractivity contribution in [3.63, 3.8) is 0 Å². The third-order valence-corrected chi connectivity index (χ3v) is 3.14. The van der Waals surface area contributed by atoms with Gasteiger partial charge in [0.2, 0.25) is 0 Å². The van der Waals surface area contributed by atoms with Gasteiger partial charge < -0.3 is 11.1 Å². The average molecular weight is 364 g/mol. The normalized spacial score (nSPS) is 10.4. The smallest absolute Gasteiger partial charge is 0.182 e. The van der Waals surface area contributed by atoms with Crippen LogP contribution in [0.1, 0.15) is 0 Å². The molecular weight excluding hydrogens is 356 g/mol. The van der Waals surface area contributed by atoms with Crippen molar-refractivity contribution in [2.45, 2.75) is 0 Å². The van der Waals surface area contributed by atoms with Crippen molar-refractivity contribution in [2.75, 3.05) is 11.1 Å². The van der Waals surface area contributed by atoms with Crippen LogP contribution in [-0.4, -0.2) is 0 Å². The van der Waals surface area contributed by atoms with E-state index in [9.17, 15) is 13.2 Å². The van der Waals surface area contributed by atoms with Crippen molar-refractivity contribution in [1.29, 1.82) is 0 Å². The fourth-order valence-corrected chi connectivity index (χ4v) is 1.91. The summed E-state index contributed by atoms with van der Waals surface area (Å²) >= 11 is 1.79. The van der Waals surface area contributed by atoms with Gasteiger partial charge in [0, 0.05) is 6.07 Å². The fraction of sp³-hybridized carbons (Fsp3) is 0. The number of hydrogen-bond acceptors (Lipinski definition) is 2. The largest absolute Gasteiger partial charge is 0.397 e. The van der Waals surface area contributed by atoms with Crippen LogP contribution in [0, 0.1) is 21.0 Å². The Kier molecular flexibility index (Phi) is 3.65. The van der Waals surface area contributed by atoms with Gasteiger partial charge in [0.05, 0.1) is 20.6 Å². The first kappa shape index (κ1) is 13.0. The van der Waals surface area contributed by atoms with Gasteiger partial charge in [-0.3, -0.25) is 0 Å². The van der Waals surface area contributed by atoms with Crippen LogP contribution in [0.25, 0.3) is 0 Å². The van der Waals surface area contributed by atoms with Gasteiger partial charge in [-0.15, -0.1) is 0 Å². The van der Waals surface area contributed by atoms with E-state index >= 15 is 0 Å². The molecule has 2 aromatic rings. The minimum atomic E-state index is -1.03. The second-order valence-corrected chi connectivity index (χ2v) is 4.74. The van der Waals surface area contributed by atoms with Crippen LogP contribution in [0.2, 0.25) is 0 Å². The van der Waals surface area contributed by atoms with Crippen molar-refractivity contribution < 1.29 is 13.2 Å². The predicted octanol–water partition coefficient (Wildman–Crippen LogP) is 4.03. The van der Waals surface area contributed by atoms with Crippen LogP contribution in [0.3, 0.4) is 0 Å². The van der Waals surface area contributed by atoms with E-state index < -0.39 is 17.5 Å². The third kappa shape index (κ3) is 2.53. The lowest BCUT2D eigenvalue weighted by atomic mass is 10.2. The molecule has 0 aromatic heterocycles.